The monoisotopic (exact) mass is 449 g/mol. The van der Waals surface area contributed by atoms with E-state index >= 15 is 0 Å². The van der Waals surface area contributed by atoms with Crippen LogP contribution in [-0.4, -0.2) is 50.9 Å². The predicted molar refractivity (Wildman–Crippen MR) is 121 cm³/mol. The van der Waals surface area contributed by atoms with Gasteiger partial charge in [-0.05, 0) is 44.0 Å². The van der Waals surface area contributed by atoms with E-state index in [1.807, 2.05) is 17.7 Å². The smallest absolute Gasteiger partial charge is 0.271 e. The number of non-ortho nitro benzene ring substituents is 1. The zero-order valence-corrected chi connectivity index (χ0v) is 18.2. The molecule has 170 valence electrons. The minimum atomic E-state index is -0.668. The van der Waals surface area contributed by atoms with Gasteiger partial charge in [-0.2, -0.15) is 0 Å². The molecule has 33 heavy (non-hydrogen) atoms. The minimum absolute atomic E-state index is 0.118. The number of rotatable bonds is 6. The molecule has 1 fully saturated rings. The lowest BCUT2D eigenvalue weighted by Crippen LogP contribution is -2.43. The number of benzene rings is 2. The molecule has 2 amide bonds. The number of nitro groups is 1. The first-order chi connectivity index (χ1) is 15.9. The average molecular weight is 449 g/mol. The summed E-state index contributed by atoms with van der Waals surface area (Å²) >= 11 is 0. The maximum atomic E-state index is 13.3. The zero-order chi connectivity index (χ0) is 23.5. The van der Waals surface area contributed by atoms with E-state index in [-0.39, 0.29) is 17.5 Å². The summed E-state index contributed by atoms with van der Waals surface area (Å²) in [7, 11) is 1.53. The number of hydrogen-bond donors (Lipinski definition) is 1. The first-order valence-electron chi connectivity index (χ1n) is 10.4. The summed E-state index contributed by atoms with van der Waals surface area (Å²) in [5.74, 6) is -0.146. The summed E-state index contributed by atoms with van der Waals surface area (Å²) in [6, 6.07) is 10.2. The second-order valence-electron chi connectivity index (χ2n) is 7.76. The van der Waals surface area contributed by atoms with E-state index in [4.69, 9.17) is 4.74 Å². The van der Waals surface area contributed by atoms with Crippen molar-refractivity contribution < 1.29 is 19.2 Å². The van der Waals surface area contributed by atoms with Gasteiger partial charge in [-0.1, -0.05) is 6.07 Å². The van der Waals surface area contributed by atoms with Gasteiger partial charge in [0.1, 0.15) is 11.8 Å². The largest absolute Gasteiger partial charge is 0.495 e. The van der Waals surface area contributed by atoms with Crippen molar-refractivity contribution in [1.29, 1.82) is 0 Å². The molecule has 0 saturated carbocycles. The number of carbonyl (C=O) groups is 2. The summed E-state index contributed by atoms with van der Waals surface area (Å²) in [6.45, 7) is 2.32. The van der Waals surface area contributed by atoms with E-state index < -0.39 is 11.0 Å². The van der Waals surface area contributed by atoms with Crippen molar-refractivity contribution in [3.8, 4) is 11.4 Å². The molecule has 10 nitrogen and oxygen atoms in total. The van der Waals surface area contributed by atoms with Crippen molar-refractivity contribution in [2.75, 3.05) is 19.0 Å². The molecule has 0 aliphatic carbocycles. The van der Waals surface area contributed by atoms with Gasteiger partial charge in [-0.3, -0.25) is 19.7 Å². The number of amides is 2. The first-order valence-corrected chi connectivity index (χ1v) is 10.4. The van der Waals surface area contributed by atoms with Crippen LogP contribution in [0.3, 0.4) is 0 Å². The number of nitrogens with one attached hydrogen (secondary N) is 1. The number of anilines is 1. The molecular weight excluding hydrogens is 426 g/mol. The molecule has 2 aromatic carbocycles. The maximum Gasteiger partial charge on any atom is 0.271 e. The van der Waals surface area contributed by atoms with Gasteiger partial charge in [-0.25, -0.2) is 4.98 Å². The average Bonchev–Trinajstić information content (AvgIpc) is 3.47. The van der Waals surface area contributed by atoms with Gasteiger partial charge >= 0.3 is 0 Å². The molecule has 0 unspecified atom stereocenters. The number of aryl methyl sites for hydroxylation is 1. The molecule has 1 N–H and O–H groups in total. The molecule has 0 spiro atoms. The Kier molecular flexibility index (Phi) is 6.07. The number of carbonyl (C=O) groups excluding carboxylic acids is 2. The van der Waals surface area contributed by atoms with E-state index in [0.717, 1.165) is 11.4 Å². The summed E-state index contributed by atoms with van der Waals surface area (Å²) in [4.78, 5) is 42.4. The van der Waals surface area contributed by atoms with E-state index in [1.54, 1.807) is 30.6 Å². The number of nitrogens with zero attached hydrogens (tertiary/aromatic N) is 4. The van der Waals surface area contributed by atoms with E-state index in [1.165, 1.54) is 30.2 Å². The first kappa shape index (κ1) is 22.0. The van der Waals surface area contributed by atoms with Crippen LogP contribution in [0, 0.1) is 17.0 Å². The highest BCUT2D eigenvalue weighted by Crippen LogP contribution is 2.28. The Hall–Kier alpha value is -4.21. The maximum absolute atomic E-state index is 13.3. The molecular formula is C23H23N5O5. The van der Waals surface area contributed by atoms with Gasteiger partial charge in [0.05, 0.1) is 29.7 Å². The van der Waals surface area contributed by atoms with Crippen molar-refractivity contribution in [3.05, 3.63) is 76.4 Å². The fraction of sp³-hybridized carbons (Fsp3) is 0.261. The van der Waals surface area contributed by atoms with Crippen molar-refractivity contribution in [2.24, 2.45) is 0 Å². The summed E-state index contributed by atoms with van der Waals surface area (Å²) < 4.78 is 7.31. The lowest BCUT2D eigenvalue weighted by Gasteiger charge is -2.24. The molecule has 1 aliphatic heterocycles. The molecule has 1 aliphatic rings. The van der Waals surface area contributed by atoms with Crippen LogP contribution >= 0.6 is 0 Å². The number of ether oxygens (including phenoxy) is 1. The van der Waals surface area contributed by atoms with Crippen LogP contribution < -0.4 is 10.1 Å². The highest BCUT2D eigenvalue weighted by Gasteiger charge is 2.35. The Morgan fingerprint density at radius 3 is 2.76 bits per heavy atom. The van der Waals surface area contributed by atoms with Crippen LogP contribution in [0.25, 0.3) is 5.69 Å². The van der Waals surface area contributed by atoms with Gasteiger partial charge in [0.25, 0.3) is 11.6 Å². The Balaban J connectivity index is 1.53. The van der Waals surface area contributed by atoms with Crippen molar-refractivity contribution in [2.45, 2.75) is 25.8 Å². The topological polar surface area (TPSA) is 120 Å². The van der Waals surface area contributed by atoms with Gasteiger partial charge in [0, 0.05) is 36.1 Å². The number of hydrogen-bond acceptors (Lipinski definition) is 6. The number of methoxy groups -OCH3 is 1. The number of likely N-dealkylation sites (tertiary alicyclic amines) is 1. The summed E-state index contributed by atoms with van der Waals surface area (Å²) in [5, 5.41) is 13.7. The normalized spacial score (nSPS) is 15.3. The van der Waals surface area contributed by atoms with Gasteiger partial charge in [0.2, 0.25) is 5.91 Å². The van der Waals surface area contributed by atoms with Crippen LogP contribution in [0.4, 0.5) is 11.4 Å². The van der Waals surface area contributed by atoms with Crippen LogP contribution in [0.5, 0.6) is 5.75 Å². The highest BCUT2D eigenvalue weighted by molar-refractivity contribution is 6.02. The zero-order valence-electron chi connectivity index (χ0n) is 18.2. The molecule has 4 rings (SSSR count). The number of imidazole rings is 1. The standard InChI is InChI=1S/C23H23N5O5/c1-15-13-26(14-24-15)19-9-8-16(11-21(19)33-2)23(30)27-10-4-7-20(27)22(29)25-17-5-3-6-18(12-17)28(31)32/h3,5-6,8-9,11-14,20H,4,7,10H2,1-2H3,(H,25,29)/t20-/m0/s1. The molecule has 3 aromatic rings. The molecule has 1 saturated heterocycles. The van der Waals surface area contributed by atoms with Crippen LogP contribution in [-0.2, 0) is 4.79 Å². The van der Waals surface area contributed by atoms with E-state index in [9.17, 15) is 19.7 Å². The number of aromatic nitrogens is 2. The van der Waals surface area contributed by atoms with Gasteiger partial charge < -0.3 is 19.5 Å². The summed E-state index contributed by atoms with van der Waals surface area (Å²) in [5.41, 5.74) is 2.20. The van der Waals surface area contributed by atoms with Crippen molar-refractivity contribution in [3.63, 3.8) is 0 Å². The lowest BCUT2D eigenvalue weighted by atomic mass is 10.1. The fourth-order valence-electron chi connectivity index (χ4n) is 3.95. The van der Waals surface area contributed by atoms with Gasteiger partial charge in [-0.15, -0.1) is 0 Å². The van der Waals surface area contributed by atoms with Crippen molar-refractivity contribution in [1.82, 2.24) is 14.5 Å². The SMILES string of the molecule is COc1cc(C(=O)N2CCC[C@H]2C(=O)Nc2cccc([N+](=O)[O-])c2)ccc1-n1cnc(C)c1. The third-order valence-electron chi connectivity index (χ3n) is 5.56. The molecule has 0 bridgehead atoms. The quantitative estimate of drug-likeness (QED) is 0.455. The second-order valence-corrected chi connectivity index (χ2v) is 7.76. The Morgan fingerprint density at radius 1 is 1.24 bits per heavy atom. The molecule has 1 aromatic heterocycles. The Labute approximate surface area is 189 Å². The molecule has 0 radical (unpaired) electrons. The van der Waals surface area contributed by atoms with Crippen LogP contribution in [0.15, 0.2) is 55.0 Å². The minimum Gasteiger partial charge on any atom is -0.495 e. The molecule has 2 heterocycles. The third-order valence-corrected chi connectivity index (χ3v) is 5.56. The fourth-order valence-corrected chi connectivity index (χ4v) is 3.95. The molecule has 10 heteroatoms. The highest BCUT2D eigenvalue weighted by atomic mass is 16.6. The van der Waals surface area contributed by atoms with Crippen LogP contribution in [0.1, 0.15) is 28.9 Å². The van der Waals surface area contributed by atoms with Crippen LogP contribution in [0.2, 0.25) is 0 Å². The third kappa shape index (κ3) is 4.54. The predicted octanol–water partition coefficient (Wildman–Crippen LogP) is 3.34. The van der Waals surface area contributed by atoms with E-state index in [0.29, 0.717) is 36.4 Å². The van der Waals surface area contributed by atoms with Gasteiger partial charge in [0.15, 0.2) is 0 Å². The van der Waals surface area contributed by atoms with Crippen molar-refractivity contribution >= 4 is 23.2 Å². The number of nitro benzene ring substituents is 1. The second kappa shape index (κ2) is 9.11. The van der Waals surface area contributed by atoms with E-state index in [2.05, 4.69) is 10.3 Å². The Morgan fingerprint density at radius 2 is 2.06 bits per heavy atom. The molecule has 1 atom stereocenters. The summed E-state index contributed by atoms with van der Waals surface area (Å²) in [6.07, 6.45) is 4.72. The lowest BCUT2D eigenvalue weighted by molar-refractivity contribution is -0.384. The Bertz CT molecular complexity index is 1220.